The maximum atomic E-state index is 12.1. The average Bonchev–Trinajstić information content (AvgIpc) is 3.62. The van der Waals surface area contributed by atoms with Gasteiger partial charge in [-0.15, -0.1) is 0 Å². The minimum Gasteiger partial charge on any atom is -0.479 e. The van der Waals surface area contributed by atoms with Crippen LogP contribution in [0.5, 0.6) is 0 Å². The maximum absolute atomic E-state index is 12.1. The van der Waals surface area contributed by atoms with Crippen LogP contribution in [0.3, 0.4) is 0 Å². The Kier molecular flexibility index (Phi) is 6.81. The minimum absolute atomic E-state index is 0.147. The van der Waals surface area contributed by atoms with E-state index >= 15 is 0 Å². The van der Waals surface area contributed by atoms with Gasteiger partial charge in [0.05, 0.1) is 10.9 Å². The Morgan fingerprint density at radius 1 is 1.10 bits per heavy atom. The number of aliphatic carboxylic acids is 1. The highest BCUT2D eigenvalue weighted by molar-refractivity contribution is 6.01. The molecule has 1 saturated heterocycles. The summed E-state index contributed by atoms with van der Waals surface area (Å²) in [5, 5.41) is 18.5. The average molecular weight is 560 g/mol. The van der Waals surface area contributed by atoms with Crippen LogP contribution in [-0.2, 0) is 9.53 Å². The number of ether oxygens (including phenoxy) is 1. The molecule has 212 valence electrons. The Morgan fingerprint density at radius 3 is 2.49 bits per heavy atom. The quantitative estimate of drug-likeness (QED) is 0.319. The number of hydrogen-bond acceptors (Lipinski definition) is 11. The highest BCUT2D eigenvalue weighted by Crippen LogP contribution is 2.48. The summed E-state index contributed by atoms with van der Waals surface area (Å²) in [4.78, 5) is 42.3. The standard InChI is InChI=1S/C27H29N9O5/c1-3-14(2)36-26-20(24(28)31-13-32-26)21(33-36)22-19(23(41-34-22)16-4-5-16)25-29-10-17(11-30-25)15-6-8-35(9-7-15)27(39)40-12-18(37)38/h10-11,13,15-16H,2-9,12H2,1H3,(H,37,38)(H2,28,31,32). The predicted octanol–water partition coefficient (Wildman–Crippen LogP) is 3.68. The summed E-state index contributed by atoms with van der Waals surface area (Å²) in [5.74, 6) is 0.649. The monoisotopic (exact) mass is 559 g/mol. The third-order valence-electron chi connectivity index (χ3n) is 7.53. The fraction of sp³-hybridized carbons (Fsp3) is 0.407. The van der Waals surface area contributed by atoms with Crippen molar-refractivity contribution < 1.29 is 24.0 Å². The molecule has 1 amide bonds. The molecule has 14 heteroatoms. The van der Waals surface area contributed by atoms with Crippen molar-refractivity contribution in [2.45, 2.75) is 50.9 Å². The number of amides is 1. The van der Waals surface area contributed by atoms with Gasteiger partial charge in [-0.3, -0.25) is 0 Å². The number of allylic oxidation sites excluding steroid dienone is 1. The number of rotatable bonds is 8. The van der Waals surface area contributed by atoms with E-state index in [9.17, 15) is 9.59 Å². The van der Waals surface area contributed by atoms with Crippen molar-refractivity contribution in [1.29, 1.82) is 0 Å². The smallest absolute Gasteiger partial charge is 0.410 e. The van der Waals surface area contributed by atoms with Crippen LogP contribution in [0.1, 0.15) is 62.2 Å². The molecule has 0 unspecified atom stereocenters. The molecule has 0 spiro atoms. The number of anilines is 1. The molecule has 5 heterocycles. The number of nitrogens with two attached hydrogens (primary N) is 1. The number of fused-ring (bicyclic) bond motifs is 1. The molecule has 1 aliphatic carbocycles. The first-order valence-corrected chi connectivity index (χ1v) is 13.5. The molecule has 4 aromatic heterocycles. The van der Waals surface area contributed by atoms with Gasteiger partial charge in [-0.25, -0.2) is 34.2 Å². The Bertz CT molecular complexity index is 1630. The van der Waals surface area contributed by atoms with Crippen molar-refractivity contribution in [3.63, 3.8) is 0 Å². The predicted molar refractivity (Wildman–Crippen MR) is 146 cm³/mol. The molecule has 0 atom stereocenters. The molecule has 0 bridgehead atoms. The van der Waals surface area contributed by atoms with Crippen molar-refractivity contribution >= 4 is 34.6 Å². The van der Waals surface area contributed by atoms with Crippen molar-refractivity contribution in [3.8, 4) is 22.8 Å². The lowest BCUT2D eigenvalue weighted by molar-refractivity contribution is -0.140. The lowest BCUT2D eigenvalue weighted by Crippen LogP contribution is -2.39. The van der Waals surface area contributed by atoms with Crippen LogP contribution in [0.15, 0.2) is 29.8 Å². The van der Waals surface area contributed by atoms with Crippen LogP contribution >= 0.6 is 0 Å². The zero-order valence-corrected chi connectivity index (χ0v) is 22.5. The van der Waals surface area contributed by atoms with Gasteiger partial charge in [-0.2, -0.15) is 5.10 Å². The number of nitrogen functional groups attached to an aromatic ring is 1. The third kappa shape index (κ3) is 4.96. The van der Waals surface area contributed by atoms with Crippen LogP contribution in [0, 0.1) is 0 Å². The van der Waals surface area contributed by atoms with Gasteiger partial charge in [0.1, 0.15) is 23.5 Å². The molecule has 1 saturated carbocycles. The molecule has 1 aliphatic heterocycles. The number of piperidine rings is 1. The molecule has 2 fully saturated rings. The fourth-order valence-electron chi connectivity index (χ4n) is 5.10. The van der Waals surface area contributed by atoms with E-state index in [0.29, 0.717) is 71.9 Å². The van der Waals surface area contributed by atoms with E-state index in [1.165, 1.54) is 11.2 Å². The third-order valence-corrected chi connectivity index (χ3v) is 7.53. The Hall–Kier alpha value is -4.88. The van der Waals surface area contributed by atoms with Gasteiger partial charge in [0, 0.05) is 37.1 Å². The number of aromatic nitrogens is 7. The second-order valence-corrected chi connectivity index (χ2v) is 10.2. The van der Waals surface area contributed by atoms with Crippen molar-refractivity contribution in [2.24, 2.45) is 0 Å². The van der Waals surface area contributed by atoms with Crippen molar-refractivity contribution in [1.82, 2.24) is 39.8 Å². The minimum atomic E-state index is -1.18. The van der Waals surface area contributed by atoms with E-state index in [1.807, 2.05) is 6.92 Å². The van der Waals surface area contributed by atoms with Gasteiger partial charge in [0.15, 0.2) is 23.8 Å². The van der Waals surface area contributed by atoms with Crippen LogP contribution in [0.2, 0.25) is 0 Å². The summed E-state index contributed by atoms with van der Waals surface area (Å²) in [6.07, 6.45) is 8.37. The van der Waals surface area contributed by atoms with Crippen LogP contribution < -0.4 is 5.73 Å². The normalized spacial score (nSPS) is 15.8. The van der Waals surface area contributed by atoms with Crippen molar-refractivity contribution in [2.75, 3.05) is 25.4 Å². The number of hydrogen-bond donors (Lipinski definition) is 2. The first-order valence-electron chi connectivity index (χ1n) is 13.5. The van der Waals surface area contributed by atoms with Crippen LogP contribution in [0.4, 0.5) is 10.6 Å². The van der Waals surface area contributed by atoms with Gasteiger partial charge < -0.3 is 25.0 Å². The molecule has 4 aromatic rings. The van der Waals surface area contributed by atoms with Crippen molar-refractivity contribution in [3.05, 3.63) is 36.6 Å². The lowest BCUT2D eigenvalue weighted by Gasteiger charge is -2.31. The van der Waals surface area contributed by atoms with Gasteiger partial charge >= 0.3 is 12.1 Å². The fourth-order valence-corrected chi connectivity index (χ4v) is 5.10. The van der Waals surface area contributed by atoms with E-state index in [1.54, 1.807) is 17.1 Å². The van der Waals surface area contributed by atoms with E-state index in [4.69, 9.17) is 35.2 Å². The molecule has 0 aromatic carbocycles. The second-order valence-electron chi connectivity index (χ2n) is 10.2. The number of likely N-dealkylation sites (tertiary alicyclic amines) is 1. The Balaban J connectivity index is 1.30. The number of nitrogens with zero attached hydrogens (tertiary/aromatic N) is 8. The Labute approximate surface area is 234 Å². The number of carboxylic acid groups (broad SMARTS) is 1. The SMILES string of the molecule is C=C(CC)n1nc(-c2noc(C3CC3)c2-c2ncc(C3CCN(C(=O)OCC(=O)O)CC3)cn2)c2c(N)ncnc21. The summed E-state index contributed by atoms with van der Waals surface area (Å²) in [6.45, 7) is 6.36. The number of carboxylic acids is 1. The Morgan fingerprint density at radius 2 is 1.83 bits per heavy atom. The maximum Gasteiger partial charge on any atom is 0.410 e. The van der Waals surface area contributed by atoms with E-state index in [2.05, 4.69) is 21.7 Å². The van der Waals surface area contributed by atoms with Crippen LogP contribution in [-0.4, -0.2) is 76.6 Å². The summed E-state index contributed by atoms with van der Waals surface area (Å²) < 4.78 is 12.3. The van der Waals surface area contributed by atoms with Gasteiger partial charge in [-0.05, 0) is 43.6 Å². The summed E-state index contributed by atoms with van der Waals surface area (Å²) in [6, 6.07) is 0. The number of carbonyl (C=O) groups excluding carboxylic acids is 1. The molecular weight excluding hydrogens is 530 g/mol. The molecule has 3 N–H and O–H groups in total. The second kappa shape index (κ2) is 10.6. The zero-order chi connectivity index (χ0) is 28.7. The molecule has 41 heavy (non-hydrogen) atoms. The molecule has 6 rings (SSSR count). The summed E-state index contributed by atoms with van der Waals surface area (Å²) in [7, 11) is 0. The van der Waals surface area contributed by atoms with Crippen LogP contribution in [0.25, 0.3) is 39.5 Å². The molecule has 14 nitrogen and oxygen atoms in total. The molecule has 0 radical (unpaired) electrons. The first-order chi connectivity index (χ1) is 19.9. The van der Waals surface area contributed by atoms with Gasteiger partial charge in [0.25, 0.3) is 0 Å². The van der Waals surface area contributed by atoms with Gasteiger partial charge in [0.2, 0.25) is 0 Å². The molecule has 2 aliphatic rings. The van der Waals surface area contributed by atoms with Gasteiger partial charge in [-0.1, -0.05) is 18.7 Å². The first kappa shape index (κ1) is 26.3. The number of carbonyl (C=O) groups is 2. The summed E-state index contributed by atoms with van der Waals surface area (Å²) >= 11 is 0. The van der Waals surface area contributed by atoms with E-state index in [0.717, 1.165) is 24.1 Å². The van der Waals surface area contributed by atoms with E-state index in [-0.39, 0.29) is 17.7 Å². The molecular formula is C27H29N9O5. The zero-order valence-electron chi connectivity index (χ0n) is 22.5. The highest BCUT2D eigenvalue weighted by Gasteiger charge is 2.36. The largest absolute Gasteiger partial charge is 0.479 e. The highest BCUT2D eigenvalue weighted by atomic mass is 16.6. The lowest BCUT2D eigenvalue weighted by atomic mass is 9.91. The summed E-state index contributed by atoms with van der Waals surface area (Å²) in [5.41, 5.74) is 10.2. The topological polar surface area (TPSA) is 188 Å². The van der Waals surface area contributed by atoms with E-state index < -0.39 is 18.7 Å².